The largest absolute Gasteiger partial charge is 0.497 e. The molecule has 0 aliphatic rings. The van der Waals surface area contributed by atoms with Crippen LogP contribution in [0.1, 0.15) is 31.2 Å². The third-order valence-corrected chi connectivity index (χ3v) is 3.49. The Kier molecular flexibility index (Phi) is 5.71. The van der Waals surface area contributed by atoms with Crippen molar-refractivity contribution in [2.45, 2.75) is 26.2 Å². The van der Waals surface area contributed by atoms with Gasteiger partial charge >= 0.3 is 0 Å². The van der Waals surface area contributed by atoms with Gasteiger partial charge in [0.05, 0.1) is 20.4 Å². The fraction of sp³-hybridized carbons (Fsp3) is 0.400. The van der Waals surface area contributed by atoms with E-state index in [9.17, 15) is 0 Å². The van der Waals surface area contributed by atoms with E-state index in [0.717, 1.165) is 36.4 Å². The number of hydrogen-bond acceptors (Lipinski definition) is 5. The quantitative estimate of drug-likeness (QED) is 0.628. The molecule has 1 aromatic carbocycles. The van der Waals surface area contributed by atoms with Crippen LogP contribution in [0.3, 0.4) is 0 Å². The molecule has 0 atom stereocenters. The molecule has 0 amide bonds. The molecule has 0 saturated heterocycles. The number of unbranched alkanes of at least 4 members (excludes halogenated alkanes) is 1. The molecule has 0 bridgehead atoms. The smallest absolute Gasteiger partial charge is 0.216 e. The van der Waals surface area contributed by atoms with E-state index in [2.05, 4.69) is 22.2 Å². The first kappa shape index (κ1) is 16.2. The van der Waals surface area contributed by atoms with Gasteiger partial charge in [-0.25, -0.2) is 0 Å². The summed E-state index contributed by atoms with van der Waals surface area (Å²) in [6, 6.07) is 5.56. The normalized spacial score (nSPS) is 11.0. The summed E-state index contributed by atoms with van der Waals surface area (Å²) < 4.78 is 12.7. The molecular formula is C15H20N4O2S. The van der Waals surface area contributed by atoms with Crippen LogP contribution in [0, 0.1) is 4.77 Å². The first-order chi connectivity index (χ1) is 10.7. The van der Waals surface area contributed by atoms with Gasteiger partial charge in [0.25, 0.3) is 0 Å². The Balaban J connectivity index is 2.29. The average Bonchev–Trinajstić information content (AvgIpc) is 2.90. The van der Waals surface area contributed by atoms with Crippen LogP contribution in [0.25, 0.3) is 0 Å². The Labute approximate surface area is 134 Å². The first-order valence-corrected chi connectivity index (χ1v) is 7.53. The molecule has 1 N–H and O–H groups in total. The average molecular weight is 320 g/mol. The number of hydrogen-bond donors (Lipinski definition) is 1. The van der Waals surface area contributed by atoms with E-state index in [1.807, 2.05) is 18.2 Å². The van der Waals surface area contributed by atoms with Gasteiger partial charge in [-0.2, -0.15) is 14.9 Å². The summed E-state index contributed by atoms with van der Waals surface area (Å²) in [5, 5.41) is 11.4. The summed E-state index contributed by atoms with van der Waals surface area (Å²) in [5.41, 5.74) is 0.841. The zero-order valence-electron chi connectivity index (χ0n) is 13.0. The van der Waals surface area contributed by atoms with Gasteiger partial charge in [0.15, 0.2) is 5.82 Å². The van der Waals surface area contributed by atoms with Crippen LogP contribution in [0.5, 0.6) is 11.5 Å². The lowest BCUT2D eigenvalue weighted by molar-refractivity contribution is 0.394. The molecule has 2 rings (SSSR count). The number of rotatable bonds is 7. The van der Waals surface area contributed by atoms with Crippen LogP contribution in [0.2, 0.25) is 0 Å². The molecule has 1 aromatic heterocycles. The van der Waals surface area contributed by atoms with Gasteiger partial charge in [0, 0.05) is 18.1 Å². The van der Waals surface area contributed by atoms with Crippen molar-refractivity contribution in [2.24, 2.45) is 5.10 Å². The van der Waals surface area contributed by atoms with Crippen molar-refractivity contribution < 1.29 is 9.47 Å². The minimum atomic E-state index is 0.481. The van der Waals surface area contributed by atoms with Gasteiger partial charge in [0.2, 0.25) is 4.77 Å². The molecule has 0 radical (unpaired) electrons. The fourth-order valence-electron chi connectivity index (χ4n) is 1.99. The maximum Gasteiger partial charge on any atom is 0.216 e. The van der Waals surface area contributed by atoms with Gasteiger partial charge < -0.3 is 9.47 Å². The SMILES string of the molecule is CCCCc1n[nH]c(=S)n1/N=C/c1ccc(OC)cc1OC. The third kappa shape index (κ3) is 3.73. The highest BCUT2D eigenvalue weighted by Gasteiger charge is 2.06. The van der Waals surface area contributed by atoms with E-state index in [0.29, 0.717) is 10.5 Å². The van der Waals surface area contributed by atoms with E-state index in [1.54, 1.807) is 25.1 Å². The maximum atomic E-state index is 5.35. The van der Waals surface area contributed by atoms with Crippen LogP contribution < -0.4 is 9.47 Å². The molecule has 7 heteroatoms. The Morgan fingerprint density at radius 1 is 1.36 bits per heavy atom. The highest BCUT2D eigenvalue weighted by atomic mass is 32.1. The van der Waals surface area contributed by atoms with Gasteiger partial charge in [-0.3, -0.25) is 5.10 Å². The lowest BCUT2D eigenvalue weighted by Crippen LogP contribution is -2.00. The minimum absolute atomic E-state index is 0.481. The Morgan fingerprint density at radius 2 is 2.18 bits per heavy atom. The molecule has 0 aliphatic heterocycles. The predicted octanol–water partition coefficient (Wildman–Crippen LogP) is 3.18. The number of ether oxygens (including phenoxy) is 2. The molecule has 6 nitrogen and oxygen atoms in total. The summed E-state index contributed by atoms with van der Waals surface area (Å²) in [5.74, 6) is 2.25. The van der Waals surface area contributed by atoms with Crippen LogP contribution in [-0.4, -0.2) is 35.3 Å². The highest BCUT2D eigenvalue weighted by molar-refractivity contribution is 7.71. The van der Waals surface area contributed by atoms with Crippen molar-refractivity contribution in [3.8, 4) is 11.5 Å². The molecule has 2 aromatic rings. The molecule has 0 spiro atoms. The number of aromatic nitrogens is 3. The zero-order chi connectivity index (χ0) is 15.9. The van der Waals surface area contributed by atoms with E-state index < -0.39 is 0 Å². The molecule has 0 aliphatic carbocycles. The Hall–Kier alpha value is -2.15. The number of aromatic amines is 1. The van der Waals surface area contributed by atoms with E-state index in [1.165, 1.54) is 0 Å². The van der Waals surface area contributed by atoms with Crippen molar-refractivity contribution in [2.75, 3.05) is 14.2 Å². The minimum Gasteiger partial charge on any atom is -0.497 e. The third-order valence-electron chi connectivity index (χ3n) is 3.22. The number of H-pyrrole nitrogens is 1. The maximum absolute atomic E-state index is 5.35. The topological polar surface area (TPSA) is 64.4 Å². The second-order valence-corrected chi connectivity index (χ2v) is 5.10. The fourth-order valence-corrected chi connectivity index (χ4v) is 2.18. The number of methoxy groups -OCH3 is 2. The number of nitrogens with one attached hydrogen (secondary N) is 1. The second kappa shape index (κ2) is 7.74. The van der Waals surface area contributed by atoms with Gasteiger partial charge in [-0.1, -0.05) is 13.3 Å². The zero-order valence-corrected chi connectivity index (χ0v) is 13.8. The molecule has 118 valence electrons. The van der Waals surface area contributed by atoms with E-state index >= 15 is 0 Å². The van der Waals surface area contributed by atoms with Crippen LogP contribution in [0.15, 0.2) is 23.3 Å². The van der Waals surface area contributed by atoms with E-state index in [4.69, 9.17) is 21.7 Å². The Morgan fingerprint density at radius 3 is 2.86 bits per heavy atom. The number of benzene rings is 1. The lowest BCUT2D eigenvalue weighted by atomic mass is 10.2. The van der Waals surface area contributed by atoms with Gasteiger partial charge in [0.1, 0.15) is 11.5 Å². The predicted molar refractivity (Wildman–Crippen MR) is 88.6 cm³/mol. The first-order valence-electron chi connectivity index (χ1n) is 7.12. The van der Waals surface area contributed by atoms with Crippen molar-refractivity contribution in [1.82, 2.24) is 14.9 Å². The van der Waals surface area contributed by atoms with Gasteiger partial charge in [-0.15, -0.1) is 0 Å². The second-order valence-electron chi connectivity index (χ2n) is 4.71. The van der Waals surface area contributed by atoms with Gasteiger partial charge in [-0.05, 0) is 30.8 Å². The summed E-state index contributed by atoms with van der Waals surface area (Å²) in [4.78, 5) is 0. The highest BCUT2D eigenvalue weighted by Crippen LogP contribution is 2.23. The molecule has 22 heavy (non-hydrogen) atoms. The molecule has 0 unspecified atom stereocenters. The van der Waals surface area contributed by atoms with Crippen molar-refractivity contribution in [3.63, 3.8) is 0 Å². The van der Waals surface area contributed by atoms with Crippen LogP contribution in [0.4, 0.5) is 0 Å². The summed E-state index contributed by atoms with van der Waals surface area (Å²) in [7, 11) is 3.23. The molecule has 0 saturated carbocycles. The van der Waals surface area contributed by atoms with Crippen LogP contribution in [-0.2, 0) is 6.42 Å². The van der Waals surface area contributed by atoms with Crippen molar-refractivity contribution >= 4 is 18.4 Å². The summed E-state index contributed by atoms with van der Waals surface area (Å²) in [6.45, 7) is 2.14. The van der Waals surface area contributed by atoms with Crippen molar-refractivity contribution in [3.05, 3.63) is 34.4 Å². The number of aryl methyl sites for hydroxylation is 1. The summed E-state index contributed by atoms with van der Waals surface area (Å²) >= 11 is 5.22. The lowest BCUT2D eigenvalue weighted by Gasteiger charge is -2.07. The Bertz CT molecular complexity index is 706. The summed E-state index contributed by atoms with van der Waals surface area (Å²) in [6.07, 6.45) is 4.68. The monoisotopic (exact) mass is 320 g/mol. The molecule has 1 heterocycles. The standard InChI is InChI=1S/C15H20N4O2S/c1-4-5-6-14-17-18-15(22)19(14)16-10-11-7-8-12(20-2)9-13(11)21-3/h7-10H,4-6H2,1-3H3,(H,18,22)/b16-10+. The van der Waals surface area contributed by atoms with Crippen LogP contribution >= 0.6 is 12.2 Å². The molecular weight excluding hydrogens is 300 g/mol. The number of nitrogens with zero attached hydrogens (tertiary/aromatic N) is 3. The molecule has 0 fully saturated rings. The van der Waals surface area contributed by atoms with Crippen molar-refractivity contribution in [1.29, 1.82) is 0 Å². The van der Waals surface area contributed by atoms with E-state index in [-0.39, 0.29) is 0 Å².